The molecule has 5 aromatic carbocycles. The number of halogens is 1. The summed E-state index contributed by atoms with van der Waals surface area (Å²) in [6, 6.07) is 41.5. The molecular weight excluding hydrogens is 686 g/mol. The normalized spacial score (nSPS) is 20.1. The zero-order chi connectivity index (χ0) is 36.6. The summed E-state index contributed by atoms with van der Waals surface area (Å²) in [6.07, 6.45) is 1.12. The first-order chi connectivity index (χ1) is 25.8. The Morgan fingerprint density at radius 1 is 0.736 bits per heavy atom. The topological polar surface area (TPSA) is 103 Å². The van der Waals surface area contributed by atoms with Crippen molar-refractivity contribution in [1.29, 1.82) is 0 Å². The van der Waals surface area contributed by atoms with E-state index in [1.165, 1.54) is 0 Å². The first-order valence-electron chi connectivity index (χ1n) is 18.3. The van der Waals surface area contributed by atoms with Gasteiger partial charge in [-0.3, -0.25) is 0 Å². The third kappa shape index (κ3) is 9.53. The van der Waals surface area contributed by atoms with E-state index >= 15 is 0 Å². The monoisotopic (exact) mass is 731 g/mol. The Labute approximate surface area is 316 Å². The van der Waals surface area contributed by atoms with E-state index < -0.39 is 11.9 Å². The maximum Gasteiger partial charge on any atom is 0.315 e. The van der Waals surface area contributed by atoms with Crippen LogP contribution < -0.4 is 10.6 Å². The van der Waals surface area contributed by atoms with Crippen molar-refractivity contribution in [3.63, 3.8) is 0 Å². The summed E-state index contributed by atoms with van der Waals surface area (Å²) in [5.74, 6) is 0. The van der Waals surface area contributed by atoms with Gasteiger partial charge in [-0.1, -0.05) is 121 Å². The van der Waals surface area contributed by atoms with Crippen LogP contribution in [0.25, 0.3) is 11.1 Å². The summed E-state index contributed by atoms with van der Waals surface area (Å²) in [5, 5.41) is 27.6. The number of ether oxygens (including phenoxy) is 2. The van der Waals surface area contributed by atoms with E-state index in [4.69, 9.17) is 21.1 Å². The van der Waals surface area contributed by atoms with Crippen LogP contribution in [0.1, 0.15) is 65.0 Å². The molecule has 0 saturated carbocycles. The summed E-state index contributed by atoms with van der Waals surface area (Å²) in [7, 11) is 0. The summed E-state index contributed by atoms with van der Waals surface area (Å²) in [4.78, 5) is 14.8. The smallest absolute Gasteiger partial charge is 0.315 e. The summed E-state index contributed by atoms with van der Waals surface area (Å²) < 4.78 is 13.3. The van der Waals surface area contributed by atoms with Gasteiger partial charge < -0.3 is 35.2 Å². The molecule has 0 bridgehead atoms. The maximum absolute atomic E-state index is 12.4. The van der Waals surface area contributed by atoms with Gasteiger partial charge in [0.1, 0.15) is 0 Å². The van der Waals surface area contributed by atoms with Gasteiger partial charge in [0.15, 0.2) is 6.29 Å². The molecule has 7 rings (SSSR count). The molecule has 0 unspecified atom stereocenters. The number of nitrogens with one attached hydrogen (secondary N) is 2. The van der Waals surface area contributed by atoms with Crippen molar-refractivity contribution in [2.24, 2.45) is 0 Å². The number of urea groups is 1. The molecule has 2 aliphatic rings. The van der Waals surface area contributed by atoms with Crippen molar-refractivity contribution < 1.29 is 24.5 Å². The average molecular weight is 732 g/mol. The Bertz CT molecular complexity index is 1930. The molecule has 4 N–H and O–H groups in total. The number of rotatable bonds is 11. The van der Waals surface area contributed by atoms with Crippen LogP contribution in [-0.2, 0) is 34.8 Å². The van der Waals surface area contributed by atoms with Gasteiger partial charge in [-0.05, 0) is 70.0 Å². The van der Waals surface area contributed by atoms with Gasteiger partial charge in [-0.15, -0.1) is 0 Å². The van der Waals surface area contributed by atoms with E-state index in [1.807, 2.05) is 91.0 Å². The van der Waals surface area contributed by atoms with Gasteiger partial charge in [0.25, 0.3) is 0 Å². The Balaban J connectivity index is 1.00. The van der Waals surface area contributed by atoms with Crippen molar-refractivity contribution in [2.45, 2.75) is 63.1 Å². The predicted molar refractivity (Wildman–Crippen MR) is 207 cm³/mol. The van der Waals surface area contributed by atoms with Crippen LogP contribution in [-0.4, -0.2) is 46.9 Å². The molecule has 2 aliphatic heterocycles. The zero-order valence-electron chi connectivity index (χ0n) is 29.7. The highest BCUT2D eigenvalue weighted by molar-refractivity contribution is 6.30. The first-order valence-corrected chi connectivity index (χ1v) is 18.7. The summed E-state index contributed by atoms with van der Waals surface area (Å²) in [5.41, 5.74) is 7.02. The molecule has 5 aromatic rings. The van der Waals surface area contributed by atoms with E-state index in [2.05, 4.69) is 51.9 Å². The second-order valence-electron chi connectivity index (χ2n) is 14.0. The summed E-state index contributed by atoms with van der Waals surface area (Å²) in [6.45, 7) is 3.11. The SMILES string of the molecule is O=C(NCc1ccccc1)NCc1cccc(-c2ccc([C@@H]3O[C@H](CN4CCC(O)(c5ccc(Cl)cc5)CC4)C[C@H](c4ccc(CO)cc4)O3)cc2)c1. The van der Waals surface area contributed by atoms with E-state index in [-0.39, 0.29) is 24.8 Å². The standard InChI is InChI=1S/C44H46ClN3O5/c45-39-19-17-38(18-20-39)44(51)21-23-48(24-22-44)29-40-26-41(35-11-9-32(30-49)10-12-35)53-42(52-40)36-15-13-34(14-16-36)37-8-4-7-33(25-37)28-47-43(50)46-27-31-5-2-1-3-6-31/h1-20,25,40-42,49,51H,21-24,26-30H2,(H2,46,47,50)/t40-,41+,42+/m0/s1. The van der Waals surface area contributed by atoms with Crippen molar-refractivity contribution in [1.82, 2.24) is 15.5 Å². The Morgan fingerprint density at radius 3 is 2.09 bits per heavy atom. The lowest BCUT2D eigenvalue weighted by molar-refractivity contribution is -0.253. The molecule has 53 heavy (non-hydrogen) atoms. The van der Waals surface area contributed by atoms with Crippen molar-refractivity contribution >= 4 is 17.6 Å². The lowest BCUT2D eigenvalue weighted by atomic mass is 9.84. The lowest BCUT2D eigenvalue weighted by Gasteiger charge is -2.42. The van der Waals surface area contributed by atoms with Crippen LogP contribution in [0.3, 0.4) is 0 Å². The number of hydrogen-bond donors (Lipinski definition) is 4. The van der Waals surface area contributed by atoms with Crippen LogP contribution >= 0.6 is 11.6 Å². The lowest BCUT2D eigenvalue weighted by Crippen LogP contribution is -2.46. The Hall–Kier alpha value is -4.54. The third-order valence-electron chi connectivity index (χ3n) is 10.3. The highest BCUT2D eigenvalue weighted by Crippen LogP contribution is 2.40. The van der Waals surface area contributed by atoms with Crippen LogP contribution in [0.4, 0.5) is 4.79 Å². The number of hydrogen-bond acceptors (Lipinski definition) is 6. The van der Waals surface area contributed by atoms with Crippen LogP contribution in [0.2, 0.25) is 5.02 Å². The van der Waals surface area contributed by atoms with Crippen molar-refractivity contribution in [2.75, 3.05) is 19.6 Å². The van der Waals surface area contributed by atoms with Gasteiger partial charge in [0, 0.05) is 49.7 Å². The van der Waals surface area contributed by atoms with Crippen LogP contribution in [0.15, 0.2) is 127 Å². The second kappa shape index (κ2) is 17.1. The number of aliphatic hydroxyl groups excluding tert-OH is 1. The minimum absolute atomic E-state index is 0.00660. The van der Waals surface area contributed by atoms with E-state index in [1.54, 1.807) is 0 Å². The molecular formula is C44H46ClN3O5. The first kappa shape index (κ1) is 36.8. The fourth-order valence-electron chi connectivity index (χ4n) is 7.19. The predicted octanol–water partition coefficient (Wildman–Crippen LogP) is 8.03. The van der Waals surface area contributed by atoms with E-state index in [9.17, 15) is 15.0 Å². The molecule has 8 nitrogen and oxygen atoms in total. The molecule has 0 aromatic heterocycles. The molecule has 0 aliphatic carbocycles. The van der Waals surface area contributed by atoms with Gasteiger partial charge in [0.05, 0.1) is 24.4 Å². The Morgan fingerprint density at radius 2 is 1.40 bits per heavy atom. The molecule has 9 heteroatoms. The van der Waals surface area contributed by atoms with E-state index in [0.29, 0.717) is 37.4 Å². The molecule has 2 fully saturated rings. The van der Waals surface area contributed by atoms with Gasteiger partial charge in [-0.25, -0.2) is 4.79 Å². The number of nitrogens with zero attached hydrogens (tertiary/aromatic N) is 1. The average Bonchev–Trinajstić information content (AvgIpc) is 3.21. The fraction of sp³-hybridized carbons (Fsp3) is 0.295. The maximum atomic E-state index is 12.4. The van der Waals surface area contributed by atoms with Crippen molar-refractivity contribution in [3.8, 4) is 11.1 Å². The van der Waals surface area contributed by atoms with E-state index in [0.717, 1.165) is 64.1 Å². The molecule has 0 spiro atoms. The second-order valence-corrected chi connectivity index (χ2v) is 14.5. The Kier molecular flexibility index (Phi) is 11.9. The fourth-order valence-corrected chi connectivity index (χ4v) is 7.32. The quantitative estimate of drug-likeness (QED) is 0.110. The molecule has 2 heterocycles. The van der Waals surface area contributed by atoms with Gasteiger partial charge in [-0.2, -0.15) is 0 Å². The number of carbonyl (C=O) groups is 1. The number of piperidine rings is 1. The molecule has 3 atom stereocenters. The number of carbonyl (C=O) groups excluding carboxylic acids is 1. The minimum atomic E-state index is -0.869. The highest BCUT2D eigenvalue weighted by Gasteiger charge is 2.37. The number of benzene rings is 5. The number of aliphatic hydroxyl groups is 2. The molecule has 2 amide bonds. The summed E-state index contributed by atoms with van der Waals surface area (Å²) >= 11 is 6.10. The third-order valence-corrected chi connectivity index (χ3v) is 10.6. The van der Waals surface area contributed by atoms with Crippen LogP contribution in [0.5, 0.6) is 0 Å². The van der Waals surface area contributed by atoms with Crippen molar-refractivity contribution in [3.05, 3.63) is 166 Å². The van der Waals surface area contributed by atoms with Gasteiger partial charge in [0.2, 0.25) is 0 Å². The largest absolute Gasteiger partial charge is 0.392 e. The zero-order valence-corrected chi connectivity index (χ0v) is 30.4. The molecule has 274 valence electrons. The minimum Gasteiger partial charge on any atom is -0.392 e. The molecule has 2 saturated heterocycles. The van der Waals surface area contributed by atoms with Gasteiger partial charge >= 0.3 is 6.03 Å². The molecule has 0 radical (unpaired) electrons. The highest BCUT2D eigenvalue weighted by atomic mass is 35.5. The number of likely N-dealkylation sites (tertiary alicyclic amines) is 1. The number of amides is 2. The van der Waals surface area contributed by atoms with Crippen LogP contribution in [0, 0.1) is 0 Å².